The van der Waals surface area contributed by atoms with Crippen molar-refractivity contribution in [3.8, 4) is 5.75 Å². The van der Waals surface area contributed by atoms with Crippen LogP contribution in [0.25, 0.3) is 0 Å². The number of carbonyl (C=O) groups excluding carboxylic acids is 2. The molecule has 0 bridgehead atoms. The number of nitrogens with zero attached hydrogens (tertiary/aromatic N) is 2. The topological polar surface area (TPSA) is 90.7 Å². The molecule has 142 valence electrons. The minimum Gasteiger partial charge on any atom is -0.508 e. The first-order chi connectivity index (χ1) is 13.4. The Balaban J connectivity index is 1.89. The number of aryl methyl sites for hydroxylation is 2. The summed E-state index contributed by atoms with van der Waals surface area (Å²) < 4.78 is 0. The second-order valence-corrected chi connectivity index (χ2v) is 8.51. The number of hydrogen-bond donors (Lipinski definition) is 2. The molecule has 3 heterocycles. The van der Waals surface area contributed by atoms with Gasteiger partial charge in [-0.05, 0) is 43.0 Å². The highest BCUT2D eigenvalue weighted by Crippen LogP contribution is 2.44. The van der Waals surface area contributed by atoms with Gasteiger partial charge < -0.3 is 10.2 Å². The van der Waals surface area contributed by atoms with Gasteiger partial charge in [0.15, 0.2) is 10.9 Å². The van der Waals surface area contributed by atoms with Crippen molar-refractivity contribution in [2.45, 2.75) is 19.9 Å². The molecule has 0 radical (unpaired) electrons. The van der Waals surface area contributed by atoms with Crippen LogP contribution in [0.3, 0.4) is 0 Å². The second-order valence-electron chi connectivity index (χ2n) is 6.38. The largest absolute Gasteiger partial charge is 0.508 e. The first kappa shape index (κ1) is 18.4. The second kappa shape index (κ2) is 6.88. The molecule has 2 aromatic heterocycles. The average Bonchev–Trinajstić information content (AvgIpc) is 3.37. The van der Waals surface area contributed by atoms with E-state index in [9.17, 15) is 19.8 Å². The molecule has 0 aliphatic carbocycles. The van der Waals surface area contributed by atoms with Crippen LogP contribution in [0, 0.1) is 13.8 Å². The lowest BCUT2D eigenvalue weighted by molar-refractivity contribution is -0.117. The van der Waals surface area contributed by atoms with Gasteiger partial charge in [0, 0.05) is 4.88 Å². The fraction of sp³-hybridized carbons (Fsp3) is 0.150. The number of aliphatic hydroxyl groups excluding tert-OH is 1. The number of anilines is 1. The third kappa shape index (κ3) is 2.90. The van der Waals surface area contributed by atoms with Crippen LogP contribution in [0.1, 0.15) is 31.8 Å². The Morgan fingerprint density at radius 2 is 1.86 bits per heavy atom. The molecular weight excluding hydrogens is 396 g/mol. The zero-order valence-corrected chi connectivity index (χ0v) is 16.7. The molecule has 0 unspecified atom stereocenters. The summed E-state index contributed by atoms with van der Waals surface area (Å²) in [6.07, 6.45) is 0. The van der Waals surface area contributed by atoms with Gasteiger partial charge in [0.05, 0.1) is 22.2 Å². The van der Waals surface area contributed by atoms with E-state index in [1.165, 1.54) is 39.7 Å². The number of ketones is 1. The molecule has 1 atom stereocenters. The number of carbonyl (C=O) groups is 2. The Morgan fingerprint density at radius 1 is 1.14 bits per heavy atom. The van der Waals surface area contributed by atoms with Crippen LogP contribution in [-0.2, 0) is 4.79 Å². The number of hydrogen-bond acceptors (Lipinski definition) is 7. The van der Waals surface area contributed by atoms with Crippen molar-refractivity contribution in [3.05, 3.63) is 74.1 Å². The van der Waals surface area contributed by atoms with Crippen molar-refractivity contribution >= 4 is 39.5 Å². The van der Waals surface area contributed by atoms with Crippen LogP contribution in [0.15, 0.2) is 53.1 Å². The molecule has 1 aromatic carbocycles. The predicted octanol–water partition coefficient (Wildman–Crippen LogP) is 4.31. The van der Waals surface area contributed by atoms with E-state index < -0.39 is 23.5 Å². The standard InChI is InChI=1S/C20H16N2O4S2/c1-10-11(2)28-20(21-10)22-16(12-5-7-13(23)8-6-12)15(18(25)19(22)26)17(24)14-4-3-9-27-14/h3-9,16,23,25H,1-2H3/t16-/m0/s1. The number of amides is 1. The molecule has 4 rings (SSSR count). The minimum absolute atomic E-state index is 0.0173. The molecular formula is C20H16N2O4S2. The molecule has 2 N–H and O–H groups in total. The van der Waals surface area contributed by atoms with Crippen LogP contribution < -0.4 is 4.90 Å². The maximum absolute atomic E-state index is 13.1. The summed E-state index contributed by atoms with van der Waals surface area (Å²) in [4.78, 5) is 33.3. The van der Waals surface area contributed by atoms with Crippen LogP contribution >= 0.6 is 22.7 Å². The fourth-order valence-corrected chi connectivity index (χ4v) is 4.72. The van der Waals surface area contributed by atoms with Crippen molar-refractivity contribution in [1.82, 2.24) is 4.98 Å². The number of thiazole rings is 1. The number of Topliss-reactive ketones (excluding diaryl/α,β-unsaturated/α-hetero) is 1. The number of aliphatic hydroxyl groups is 1. The van der Waals surface area contributed by atoms with Crippen LogP contribution in [0.4, 0.5) is 5.13 Å². The molecule has 0 spiro atoms. The lowest BCUT2D eigenvalue weighted by Gasteiger charge is -2.24. The third-order valence-corrected chi connectivity index (χ3v) is 6.57. The van der Waals surface area contributed by atoms with Crippen LogP contribution in [-0.4, -0.2) is 26.9 Å². The fourth-order valence-electron chi connectivity index (χ4n) is 3.11. The number of benzene rings is 1. The molecule has 28 heavy (non-hydrogen) atoms. The van der Waals surface area contributed by atoms with Gasteiger partial charge in [0.1, 0.15) is 5.75 Å². The van der Waals surface area contributed by atoms with E-state index in [2.05, 4.69) is 4.98 Å². The highest BCUT2D eigenvalue weighted by atomic mass is 32.1. The molecule has 1 amide bonds. The summed E-state index contributed by atoms with van der Waals surface area (Å²) in [5, 5.41) is 22.4. The molecule has 0 saturated carbocycles. The van der Waals surface area contributed by atoms with Crippen molar-refractivity contribution in [2.24, 2.45) is 0 Å². The Kier molecular flexibility index (Phi) is 4.52. The highest BCUT2D eigenvalue weighted by Gasteiger charge is 2.46. The third-order valence-electron chi connectivity index (χ3n) is 4.63. The van der Waals surface area contributed by atoms with E-state index >= 15 is 0 Å². The van der Waals surface area contributed by atoms with Gasteiger partial charge in [0.2, 0.25) is 5.78 Å². The van der Waals surface area contributed by atoms with Crippen molar-refractivity contribution in [1.29, 1.82) is 0 Å². The van der Waals surface area contributed by atoms with Crippen molar-refractivity contribution < 1.29 is 19.8 Å². The number of thiophene rings is 1. The Morgan fingerprint density at radius 3 is 2.43 bits per heavy atom. The van der Waals surface area contributed by atoms with E-state index in [-0.39, 0.29) is 11.3 Å². The van der Waals surface area contributed by atoms with Crippen LogP contribution in [0.5, 0.6) is 5.75 Å². The molecule has 6 nitrogen and oxygen atoms in total. The zero-order valence-electron chi connectivity index (χ0n) is 15.0. The smallest absolute Gasteiger partial charge is 0.296 e. The normalized spacial score (nSPS) is 16.9. The summed E-state index contributed by atoms with van der Waals surface area (Å²) in [6.45, 7) is 3.74. The van der Waals surface area contributed by atoms with Gasteiger partial charge in [-0.3, -0.25) is 14.5 Å². The first-order valence-electron chi connectivity index (χ1n) is 8.46. The lowest BCUT2D eigenvalue weighted by Crippen LogP contribution is -2.30. The van der Waals surface area contributed by atoms with E-state index in [1.54, 1.807) is 29.6 Å². The van der Waals surface area contributed by atoms with E-state index in [4.69, 9.17) is 0 Å². The molecule has 1 aliphatic rings. The van der Waals surface area contributed by atoms with Crippen molar-refractivity contribution in [2.75, 3.05) is 4.90 Å². The van der Waals surface area contributed by atoms with Gasteiger partial charge in [-0.15, -0.1) is 22.7 Å². The van der Waals surface area contributed by atoms with Gasteiger partial charge in [-0.25, -0.2) is 4.98 Å². The molecule has 0 fully saturated rings. The molecule has 0 saturated heterocycles. The SMILES string of the molecule is Cc1nc(N2C(=O)C(O)=C(C(=O)c3cccs3)[C@@H]2c2ccc(O)cc2)sc1C. The summed E-state index contributed by atoms with van der Waals surface area (Å²) in [5.74, 6) is -1.56. The quantitative estimate of drug-likeness (QED) is 0.623. The number of aromatic hydroxyl groups is 1. The van der Waals surface area contributed by atoms with Crippen LogP contribution in [0.2, 0.25) is 0 Å². The Labute approximate surface area is 169 Å². The number of aromatic nitrogens is 1. The molecule has 3 aromatic rings. The first-order valence-corrected chi connectivity index (χ1v) is 10.2. The Bertz CT molecular complexity index is 1080. The monoisotopic (exact) mass is 412 g/mol. The summed E-state index contributed by atoms with van der Waals surface area (Å²) in [5.41, 5.74) is 1.40. The lowest BCUT2D eigenvalue weighted by atomic mass is 9.95. The number of rotatable bonds is 4. The number of phenolic OH excluding ortho intramolecular Hbond substituents is 1. The summed E-state index contributed by atoms with van der Waals surface area (Å²) in [7, 11) is 0. The maximum Gasteiger partial charge on any atom is 0.296 e. The maximum atomic E-state index is 13.1. The highest BCUT2D eigenvalue weighted by molar-refractivity contribution is 7.16. The summed E-state index contributed by atoms with van der Waals surface area (Å²) in [6, 6.07) is 8.81. The van der Waals surface area contributed by atoms with Crippen molar-refractivity contribution in [3.63, 3.8) is 0 Å². The average molecular weight is 412 g/mol. The minimum atomic E-state index is -0.826. The molecule has 8 heteroatoms. The van der Waals surface area contributed by atoms with Gasteiger partial charge in [-0.2, -0.15) is 0 Å². The van der Waals surface area contributed by atoms with Gasteiger partial charge in [0.25, 0.3) is 5.91 Å². The Hall–Kier alpha value is -2.97. The molecule has 1 aliphatic heterocycles. The number of phenols is 1. The van der Waals surface area contributed by atoms with Gasteiger partial charge >= 0.3 is 0 Å². The van der Waals surface area contributed by atoms with E-state index in [1.807, 2.05) is 13.8 Å². The van der Waals surface area contributed by atoms with E-state index in [0.717, 1.165) is 10.6 Å². The van der Waals surface area contributed by atoms with E-state index in [0.29, 0.717) is 15.6 Å². The zero-order chi connectivity index (χ0) is 20.0. The van der Waals surface area contributed by atoms with Gasteiger partial charge in [-0.1, -0.05) is 18.2 Å². The summed E-state index contributed by atoms with van der Waals surface area (Å²) >= 11 is 2.58. The predicted molar refractivity (Wildman–Crippen MR) is 108 cm³/mol.